The molecule has 0 spiro atoms. The Bertz CT molecular complexity index is 660. The molecular formula is C18H25N3O2. The molecule has 0 fully saturated rings. The van der Waals surface area contributed by atoms with E-state index in [1.54, 1.807) is 12.1 Å². The number of carbonyl (C=O) groups excluding carboxylic acids is 1. The lowest BCUT2D eigenvalue weighted by molar-refractivity contribution is -0.121. The number of aryl methyl sites for hydroxylation is 2. The zero-order valence-corrected chi connectivity index (χ0v) is 14.1. The van der Waals surface area contributed by atoms with Gasteiger partial charge in [-0.3, -0.25) is 9.48 Å². The molecule has 5 heteroatoms. The van der Waals surface area contributed by atoms with E-state index in [0.29, 0.717) is 25.9 Å². The summed E-state index contributed by atoms with van der Waals surface area (Å²) in [6.45, 7) is 7.51. The molecule has 0 bridgehead atoms. The van der Waals surface area contributed by atoms with E-state index < -0.39 is 0 Å². The number of phenols is 1. The second-order valence-electron chi connectivity index (χ2n) is 5.74. The maximum Gasteiger partial charge on any atom is 0.220 e. The molecule has 124 valence electrons. The van der Waals surface area contributed by atoms with Crippen molar-refractivity contribution in [3.8, 4) is 5.75 Å². The fourth-order valence-electron chi connectivity index (χ4n) is 2.77. The summed E-state index contributed by atoms with van der Waals surface area (Å²) >= 11 is 0. The monoisotopic (exact) mass is 315 g/mol. The second kappa shape index (κ2) is 7.81. The van der Waals surface area contributed by atoms with Crippen molar-refractivity contribution in [1.82, 2.24) is 15.1 Å². The van der Waals surface area contributed by atoms with Crippen LogP contribution in [0.2, 0.25) is 0 Å². The molecule has 1 aromatic heterocycles. The largest absolute Gasteiger partial charge is 0.508 e. The van der Waals surface area contributed by atoms with Gasteiger partial charge in [0.2, 0.25) is 5.91 Å². The molecule has 0 saturated carbocycles. The number of nitrogens with one attached hydrogen (secondary N) is 1. The van der Waals surface area contributed by atoms with Crippen molar-refractivity contribution in [3.63, 3.8) is 0 Å². The van der Waals surface area contributed by atoms with Crippen LogP contribution in [0, 0.1) is 13.8 Å². The lowest BCUT2D eigenvalue weighted by Gasteiger charge is -2.07. The molecule has 0 aliphatic rings. The van der Waals surface area contributed by atoms with E-state index in [1.807, 2.05) is 23.7 Å². The molecule has 0 unspecified atom stereocenters. The van der Waals surface area contributed by atoms with Crippen LogP contribution in [0.3, 0.4) is 0 Å². The first kappa shape index (κ1) is 17.1. The molecule has 0 aliphatic carbocycles. The summed E-state index contributed by atoms with van der Waals surface area (Å²) in [5, 5.41) is 16.7. The maximum absolute atomic E-state index is 11.9. The van der Waals surface area contributed by atoms with Crippen LogP contribution < -0.4 is 5.32 Å². The first-order valence-electron chi connectivity index (χ1n) is 8.08. The second-order valence-corrected chi connectivity index (χ2v) is 5.74. The van der Waals surface area contributed by atoms with Crippen LogP contribution in [0.15, 0.2) is 24.3 Å². The van der Waals surface area contributed by atoms with E-state index in [9.17, 15) is 9.90 Å². The Balaban J connectivity index is 1.75. The Morgan fingerprint density at radius 2 is 1.96 bits per heavy atom. The van der Waals surface area contributed by atoms with E-state index in [1.165, 1.54) is 11.3 Å². The topological polar surface area (TPSA) is 67.2 Å². The molecule has 2 N–H and O–H groups in total. The number of benzene rings is 1. The highest BCUT2D eigenvalue weighted by Gasteiger charge is 2.09. The van der Waals surface area contributed by atoms with Crippen LogP contribution in [0.1, 0.15) is 35.9 Å². The third-order valence-electron chi connectivity index (χ3n) is 4.11. The number of rotatable bonds is 7. The third-order valence-corrected chi connectivity index (χ3v) is 4.11. The third kappa shape index (κ3) is 4.58. The molecule has 0 radical (unpaired) electrons. The highest BCUT2D eigenvalue weighted by Crippen LogP contribution is 2.13. The Morgan fingerprint density at radius 3 is 2.57 bits per heavy atom. The average molecular weight is 315 g/mol. The minimum Gasteiger partial charge on any atom is -0.508 e. The van der Waals surface area contributed by atoms with Gasteiger partial charge in [0.05, 0.1) is 12.2 Å². The van der Waals surface area contributed by atoms with Gasteiger partial charge in [0.15, 0.2) is 0 Å². The molecule has 1 amide bonds. The fraction of sp³-hybridized carbons (Fsp3) is 0.444. The van der Waals surface area contributed by atoms with E-state index in [0.717, 1.165) is 17.7 Å². The predicted octanol–water partition coefficient (Wildman–Crippen LogP) is 2.52. The summed E-state index contributed by atoms with van der Waals surface area (Å²) in [5.41, 5.74) is 4.60. The molecule has 1 heterocycles. The Morgan fingerprint density at radius 1 is 1.26 bits per heavy atom. The van der Waals surface area contributed by atoms with Crippen molar-refractivity contribution < 1.29 is 9.90 Å². The molecule has 2 aromatic rings. The zero-order chi connectivity index (χ0) is 16.8. The van der Waals surface area contributed by atoms with Gasteiger partial charge in [-0.15, -0.1) is 0 Å². The van der Waals surface area contributed by atoms with Gasteiger partial charge >= 0.3 is 0 Å². The van der Waals surface area contributed by atoms with Crippen molar-refractivity contribution in [2.75, 3.05) is 6.54 Å². The lowest BCUT2D eigenvalue weighted by Crippen LogP contribution is -2.28. The van der Waals surface area contributed by atoms with Gasteiger partial charge in [-0.2, -0.15) is 5.10 Å². The highest BCUT2D eigenvalue weighted by molar-refractivity contribution is 5.76. The molecular weight excluding hydrogens is 290 g/mol. The van der Waals surface area contributed by atoms with Crippen LogP contribution >= 0.6 is 0 Å². The zero-order valence-electron chi connectivity index (χ0n) is 14.1. The van der Waals surface area contributed by atoms with Crippen LogP contribution in [0.4, 0.5) is 0 Å². The first-order valence-corrected chi connectivity index (χ1v) is 8.08. The Hall–Kier alpha value is -2.30. The number of aromatic hydroxyl groups is 1. The number of hydrogen-bond acceptors (Lipinski definition) is 3. The normalized spacial score (nSPS) is 10.7. The van der Waals surface area contributed by atoms with Crippen LogP contribution in [0.25, 0.3) is 0 Å². The molecule has 2 rings (SSSR count). The average Bonchev–Trinajstić information content (AvgIpc) is 2.80. The lowest BCUT2D eigenvalue weighted by atomic mass is 10.1. The van der Waals surface area contributed by atoms with Gasteiger partial charge in [0.25, 0.3) is 0 Å². The van der Waals surface area contributed by atoms with E-state index in [-0.39, 0.29) is 11.7 Å². The van der Waals surface area contributed by atoms with Crippen molar-refractivity contribution >= 4 is 5.91 Å². The number of carbonyl (C=O) groups is 1. The smallest absolute Gasteiger partial charge is 0.220 e. The van der Waals surface area contributed by atoms with E-state index >= 15 is 0 Å². The van der Waals surface area contributed by atoms with Gasteiger partial charge in [0, 0.05) is 18.7 Å². The van der Waals surface area contributed by atoms with Gasteiger partial charge in [0.1, 0.15) is 5.75 Å². The van der Waals surface area contributed by atoms with Crippen molar-refractivity contribution in [3.05, 3.63) is 46.8 Å². The summed E-state index contributed by atoms with van der Waals surface area (Å²) in [6.07, 6.45) is 2.10. The van der Waals surface area contributed by atoms with Crippen LogP contribution in [-0.2, 0) is 24.2 Å². The van der Waals surface area contributed by atoms with Gasteiger partial charge in [-0.05, 0) is 49.9 Å². The van der Waals surface area contributed by atoms with Crippen molar-refractivity contribution in [1.29, 1.82) is 0 Å². The number of amides is 1. The van der Waals surface area contributed by atoms with Gasteiger partial charge in [-0.1, -0.05) is 19.1 Å². The number of nitrogens with zero attached hydrogens (tertiary/aromatic N) is 2. The Kier molecular flexibility index (Phi) is 5.79. The maximum atomic E-state index is 11.9. The van der Waals surface area contributed by atoms with Crippen molar-refractivity contribution in [2.24, 2.45) is 0 Å². The number of hydrogen-bond donors (Lipinski definition) is 2. The standard InChI is InChI=1S/C18H25N3O2/c1-4-17-13(2)20-21(14(17)3)12-11-19-18(23)10-7-15-5-8-16(22)9-6-15/h5-6,8-9,22H,4,7,10-12H2,1-3H3,(H,19,23). The quantitative estimate of drug-likeness (QED) is 0.825. The predicted molar refractivity (Wildman–Crippen MR) is 90.5 cm³/mol. The molecule has 0 atom stereocenters. The minimum atomic E-state index is 0.0373. The molecule has 0 aliphatic heterocycles. The summed E-state index contributed by atoms with van der Waals surface area (Å²) in [7, 11) is 0. The summed E-state index contributed by atoms with van der Waals surface area (Å²) in [4.78, 5) is 11.9. The molecule has 0 saturated heterocycles. The van der Waals surface area contributed by atoms with E-state index in [4.69, 9.17) is 0 Å². The number of aromatic nitrogens is 2. The number of phenolic OH excluding ortho intramolecular Hbond substituents is 1. The van der Waals surface area contributed by atoms with Gasteiger partial charge < -0.3 is 10.4 Å². The summed E-state index contributed by atoms with van der Waals surface area (Å²) < 4.78 is 1.97. The molecule has 1 aromatic carbocycles. The van der Waals surface area contributed by atoms with Crippen LogP contribution in [0.5, 0.6) is 5.75 Å². The Labute approximate surface area is 137 Å². The van der Waals surface area contributed by atoms with Gasteiger partial charge in [-0.25, -0.2) is 0 Å². The SMILES string of the molecule is CCc1c(C)nn(CCNC(=O)CCc2ccc(O)cc2)c1C. The molecule has 5 nitrogen and oxygen atoms in total. The summed E-state index contributed by atoms with van der Waals surface area (Å²) in [5.74, 6) is 0.282. The van der Waals surface area contributed by atoms with Crippen LogP contribution in [-0.4, -0.2) is 27.3 Å². The fourth-order valence-corrected chi connectivity index (χ4v) is 2.77. The minimum absolute atomic E-state index is 0.0373. The van der Waals surface area contributed by atoms with Crippen molar-refractivity contribution in [2.45, 2.75) is 46.6 Å². The highest BCUT2D eigenvalue weighted by atomic mass is 16.3. The van der Waals surface area contributed by atoms with E-state index in [2.05, 4.69) is 24.3 Å². The first-order chi connectivity index (χ1) is 11.0. The molecule has 23 heavy (non-hydrogen) atoms. The summed E-state index contributed by atoms with van der Waals surface area (Å²) in [6, 6.07) is 6.96.